The summed E-state index contributed by atoms with van der Waals surface area (Å²) < 4.78 is 28.0. The molecule has 0 radical (unpaired) electrons. The molecule has 40 heavy (non-hydrogen) atoms. The average molecular weight is 557 g/mol. The molecule has 1 fully saturated rings. The van der Waals surface area contributed by atoms with Crippen molar-refractivity contribution in [2.45, 2.75) is 72.3 Å². The highest BCUT2D eigenvalue weighted by molar-refractivity contribution is 6.01. The number of Topliss-reactive ketones (excluding diaryl/α,β-unsaturated/α-hetero) is 1. The van der Waals surface area contributed by atoms with Crippen LogP contribution < -0.4 is 0 Å². The molecule has 0 aromatic heterocycles. The highest BCUT2D eigenvalue weighted by atomic mass is 19.1. The fourth-order valence-corrected chi connectivity index (χ4v) is 5.74. The van der Waals surface area contributed by atoms with E-state index in [1.807, 2.05) is 27.7 Å². The Morgan fingerprint density at radius 3 is 2.23 bits per heavy atom. The number of ketones is 1. The molecule has 0 spiro atoms. The number of hydrogen-bond acceptors (Lipinski definition) is 4. The van der Waals surface area contributed by atoms with E-state index in [0.717, 1.165) is 30.9 Å². The number of aryl methyl sites for hydroxylation is 1. The SMILES string of the molecule is CCCN(CCC)C(=O)c1cc(C)cc(C(=O)C[C@@H](Cc2cc(F)cc(F)c2)[C@H](O)[C@@H]2CCCN(CC)C2=O)c1. The summed E-state index contributed by atoms with van der Waals surface area (Å²) in [6.07, 6.45) is 1.55. The molecule has 8 heteroatoms. The summed E-state index contributed by atoms with van der Waals surface area (Å²) in [7, 11) is 0. The van der Waals surface area contributed by atoms with Crippen LogP contribution in [0, 0.1) is 30.4 Å². The second-order valence-corrected chi connectivity index (χ2v) is 10.9. The predicted octanol–water partition coefficient (Wildman–Crippen LogP) is 5.59. The molecule has 3 rings (SSSR count). The first kappa shape index (κ1) is 31.4. The summed E-state index contributed by atoms with van der Waals surface area (Å²) in [6, 6.07) is 8.21. The van der Waals surface area contributed by atoms with Gasteiger partial charge in [-0.05, 0) is 93.3 Å². The maximum atomic E-state index is 14.0. The van der Waals surface area contributed by atoms with Gasteiger partial charge in [0.05, 0.1) is 12.0 Å². The molecule has 1 heterocycles. The Bertz CT molecular complexity index is 1180. The average Bonchev–Trinajstić information content (AvgIpc) is 2.91. The van der Waals surface area contributed by atoms with Gasteiger partial charge in [0.25, 0.3) is 5.91 Å². The van der Waals surface area contributed by atoms with Crippen molar-refractivity contribution in [1.29, 1.82) is 0 Å². The number of aliphatic hydroxyl groups excluding tert-OH is 1. The first-order chi connectivity index (χ1) is 19.1. The number of carbonyl (C=O) groups is 3. The number of hydrogen-bond donors (Lipinski definition) is 1. The van der Waals surface area contributed by atoms with E-state index in [-0.39, 0.29) is 30.4 Å². The van der Waals surface area contributed by atoms with Crippen molar-refractivity contribution >= 4 is 17.6 Å². The molecule has 1 saturated heterocycles. The van der Waals surface area contributed by atoms with Crippen LogP contribution in [0.25, 0.3) is 0 Å². The minimum absolute atomic E-state index is 0.0237. The molecule has 2 aromatic carbocycles. The molecule has 0 bridgehead atoms. The first-order valence-electron chi connectivity index (χ1n) is 14.4. The summed E-state index contributed by atoms with van der Waals surface area (Å²) in [4.78, 5) is 43.4. The van der Waals surface area contributed by atoms with E-state index in [9.17, 15) is 28.3 Å². The molecule has 218 valence electrons. The number of amides is 2. The third-order valence-electron chi connectivity index (χ3n) is 7.64. The number of nitrogens with zero attached hydrogens (tertiary/aromatic N) is 2. The molecule has 1 aliphatic rings. The monoisotopic (exact) mass is 556 g/mol. The molecular formula is C32H42F2N2O4. The largest absolute Gasteiger partial charge is 0.392 e. The number of carbonyl (C=O) groups excluding carboxylic acids is 3. The minimum Gasteiger partial charge on any atom is -0.392 e. The number of likely N-dealkylation sites (tertiary alicyclic amines) is 1. The van der Waals surface area contributed by atoms with E-state index < -0.39 is 29.6 Å². The Hall–Kier alpha value is -3.13. The van der Waals surface area contributed by atoms with Gasteiger partial charge >= 0.3 is 0 Å². The van der Waals surface area contributed by atoms with Crippen molar-refractivity contribution in [3.8, 4) is 0 Å². The smallest absolute Gasteiger partial charge is 0.253 e. The molecule has 1 aliphatic heterocycles. The summed E-state index contributed by atoms with van der Waals surface area (Å²) in [6.45, 7) is 10.1. The van der Waals surface area contributed by atoms with Crippen molar-refractivity contribution in [3.05, 3.63) is 70.3 Å². The zero-order chi connectivity index (χ0) is 29.4. The third-order valence-corrected chi connectivity index (χ3v) is 7.64. The molecule has 6 nitrogen and oxygen atoms in total. The quantitative estimate of drug-likeness (QED) is 0.327. The number of piperidine rings is 1. The van der Waals surface area contributed by atoms with Gasteiger partial charge in [-0.3, -0.25) is 14.4 Å². The van der Waals surface area contributed by atoms with Gasteiger partial charge in [0, 0.05) is 49.8 Å². The zero-order valence-electron chi connectivity index (χ0n) is 24.1. The molecular weight excluding hydrogens is 514 g/mol. The minimum atomic E-state index is -1.17. The maximum Gasteiger partial charge on any atom is 0.253 e. The van der Waals surface area contributed by atoms with Crippen molar-refractivity contribution in [2.75, 3.05) is 26.2 Å². The predicted molar refractivity (Wildman–Crippen MR) is 151 cm³/mol. The molecule has 0 aliphatic carbocycles. The number of aliphatic hydroxyl groups is 1. The Kier molecular flexibility index (Phi) is 11.4. The summed E-state index contributed by atoms with van der Waals surface area (Å²) in [5.41, 5.74) is 1.83. The topological polar surface area (TPSA) is 77.9 Å². The summed E-state index contributed by atoms with van der Waals surface area (Å²) >= 11 is 0. The van der Waals surface area contributed by atoms with E-state index >= 15 is 0 Å². The highest BCUT2D eigenvalue weighted by Gasteiger charge is 2.38. The van der Waals surface area contributed by atoms with Gasteiger partial charge in [-0.25, -0.2) is 8.78 Å². The van der Waals surface area contributed by atoms with Crippen LogP contribution in [0.1, 0.15) is 84.7 Å². The summed E-state index contributed by atoms with van der Waals surface area (Å²) in [5, 5.41) is 11.5. The van der Waals surface area contributed by atoms with Gasteiger partial charge in [-0.15, -0.1) is 0 Å². The van der Waals surface area contributed by atoms with Crippen molar-refractivity contribution in [3.63, 3.8) is 0 Å². The molecule has 0 saturated carbocycles. The van der Waals surface area contributed by atoms with Gasteiger partial charge in [0.15, 0.2) is 5.78 Å². The van der Waals surface area contributed by atoms with Crippen LogP contribution in [-0.4, -0.2) is 64.8 Å². The van der Waals surface area contributed by atoms with E-state index in [4.69, 9.17) is 0 Å². The van der Waals surface area contributed by atoms with Crippen LogP contribution in [0.15, 0.2) is 36.4 Å². The molecule has 2 amide bonds. The van der Waals surface area contributed by atoms with E-state index in [1.54, 1.807) is 28.0 Å². The van der Waals surface area contributed by atoms with E-state index in [0.29, 0.717) is 49.3 Å². The van der Waals surface area contributed by atoms with Crippen molar-refractivity contribution in [1.82, 2.24) is 9.80 Å². The highest BCUT2D eigenvalue weighted by Crippen LogP contribution is 2.30. The van der Waals surface area contributed by atoms with Crippen molar-refractivity contribution < 1.29 is 28.3 Å². The number of halogens is 2. The van der Waals surface area contributed by atoms with Crippen LogP contribution in [0.5, 0.6) is 0 Å². The maximum absolute atomic E-state index is 14.0. The molecule has 3 atom stereocenters. The van der Waals surface area contributed by atoms with Crippen molar-refractivity contribution in [2.24, 2.45) is 11.8 Å². The standard InChI is InChI=1S/C32H42F2N2O4/c1-5-10-36(11-6-2)31(39)25-14-21(4)13-23(18-25)29(37)19-24(15-22-16-26(33)20-27(34)17-22)30(38)28-9-8-12-35(7-3)32(28)40/h13-14,16-18,20,24,28,30,38H,5-12,15,19H2,1-4H3/t24-,28+,30+/m1/s1. The van der Waals surface area contributed by atoms with Gasteiger partial charge in [-0.2, -0.15) is 0 Å². The van der Waals surface area contributed by atoms with Gasteiger partial charge < -0.3 is 14.9 Å². The fourth-order valence-electron chi connectivity index (χ4n) is 5.74. The number of rotatable bonds is 13. The molecule has 2 aromatic rings. The lowest BCUT2D eigenvalue weighted by Crippen LogP contribution is -2.48. The second-order valence-electron chi connectivity index (χ2n) is 10.9. The van der Waals surface area contributed by atoms with Gasteiger partial charge in [0.1, 0.15) is 11.6 Å². The lowest BCUT2D eigenvalue weighted by Gasteiger charge is -2.36. The molecule has 0 unspecified atom stereocenters. The summed E-state index contributed by atoms with van der Waals surface area (Å²) in [5.74, 6) is -3.55. The first-order valence-corrected chi connectivity index (χ1v) is 14.4. The normalized spacial score (nSPS) is 17.0. The van der Waals surface area contributed by atoms with E-state index in [2.05, 4.69) is 0 Å². The van der Waals surface area contributed by atoms with Crippen LogP contribution in [0.4, 0.5) is 8.78 Å². The van der Waals surface area contributed by atoms with E-state index in [1.165, 1.54) is 12.1 Å². The van der Waals surface area contributed by atoms with Gasteiger partial charge in [0.2, 0.25) is 5.91 Å². The Morgan fingerprint density at radius 2 is 1.62 bits per heavy atom. The lowest BCUT2D eigenvalue weighted by atomic mass is 9.79. The second kappa shape index (κ2) is 14.5. The Labute approximate surface area is 236 Å². The number of benzene rings is 2. The van der Waals surface area contributed by atoms with Crippen LogP contribution in [0.2, 0.25) is 0 Å². The zero-order valence-corrected chi connectivity index (χ0v) is 24.1. The van der Waals surface area contributed by atoms with Crippen LogP contribution in [-0.2, 0) is 11.2 Å². The van der Waals surface area contributed by atoms with Crippen LogP contribution >= 0.6 is 0 Å². The van der Waals surface area contributed by atoms with Gasteiger partial charge in [-0.1, -0.05) is 13.8 Å². The van der Waals surface area contributed by atoms with Crippen LogP contribution in [0.3, 0.4) is 0 Å². The molecule has 1 N–H and O–H groups in total. The lowest BCUT2D eigenvalue weighted by molar-refractivity contribution is -0.144. The fraction of sp³-hybridized carbons (Fsp3) is 0.531. The Balaban J connectivity index is 1.92. The Morgan fingerprint density at radius 1 is 1.00 bits per heavy atom. The third kappa shape index (κ3) is 7.96.